The molecule has 0 saturated heterocycles. The summed E-state index contributed by atoms with van der Waals surface area (Å²) in [4.78, 5) is 4.26. The molecule has 0 bridgehead atoms. The molecule has 3 rings (SSSR count). The molecule has 0 radical (unpaired) electrons. The SMILES string of the molecule is Oc1cccc(-c2cc3n[nH]nc3cn2)c1. The monoisotopic (exact) mass is 212 g/mol. The molecule has 0 saturated carbocycles. The van der Waals surface area contributed by atoms with E-state index in [2.05, 4.69) is 20.4 Å². The molecule has 0 aliphatic rings. The van der Waals surface area contributed by atoms with Crippen LogP contribution in [0.1, 0.15) is 0 Å². The zero-order chi connectivity index (χ0) is 11.0. The van der Waals surface area contributed by atoms with Gasteiger partial charge in [0.2, 0.25) is 0 Å². The van der Waals surface area contributed by atoms with Gasteiger partial charge in [0.15, 0.2) is 0 Å². The van der Waals surface area contributed by atoms with Gasteiger partial charge in [-0.25, -0.2) is 0 Å². The van der Waals surface area contributed by atoms with Gasteiger partial charge in [-0.3, -0.25) is 4.98 Å². The molecule has 1 aromatic carbocycles. The van der Waals surface area contributed by atoms with E-state index in [0.29, 0.717) is 0 Å². The first-order chi connectivity index (χ1) is 7.83. The number of benzene rings is 1. The average Bonchev–Trinajstić information content (AvgIpc) is 2.75. The maximum Gasteiger partial charge on any atom is 0.131 e. The minimum absolute atomic E-state index is 0.222. The molecule has 0 unspecified atom stereocenters. The Morgan fingerprint density at radius 3 is 2.81 bits per heavy atom. The fraction of sp³-hybridized carbons (Fsp3) is 0. The van der Waals surface area contributed by atoms with Crippen LogP contribution in [0.3, 0.4) is 0 Å². The maximum atomic E-state index is 9.39. The highest BCUT2D eigenvalue weighted by Gasteiger charge is 2.04. The third-order valence-corrected chi connectivity index (χ3v) is 2.34. The van der Waals surface area contributed by atoms with Crippen molar-refractivity contribution in [3.05, 3.63) is 36.5 Å². The Bertz CT molecular complexity index is 647. The number of hydrogen-bond donors (Lipinski definition) is 2. The highest BCUT2D eigenvalue weighted by atomic mass is 16.3. The van der Waals surface area contributed by atoms with Gasteiger partial charge in [-0.2, -0.15) is 15.4 Å². The molecule has 0 aliphatic heterocycles. The second-order valence-corrected chi connectivity index (χ2v) is 3.43. The zero-order valence-corrected chi connectivity index (χ0v) is 8.25. The Kier molecular flexibility index (Phi) is 1.83. The van der Waals surface area contributed by atoms with E-state index in [1.54, 1.807) is 24.4 Å². The molecule has 0 aliphatic carbocycles. The molecule has 16 heavy (non-hydrogen) atoms. The molecule has 2 heterocycles. The second-order valence-electron chi connectivity index (χ2n) is 3.43. The first-order valence-corrected chi connectivity index (χ1v) is 4.79. The van der Waals surface area contributed by atoms with E-state index < -0.39 is 0 Å². The lowest BCUT2D eigenvalue weighted by Gasteiger charge is -2.00. The third-order valence-electron chi connectivity index (χ3n) is 2.34. The second kappa shape index (κ2) is 3.30. The average molecular weight is 212 g/mol. The smallest absolute Gasteiger partial charge is 0.131 e. The van der Waals surface area contributed by atoms with Crippen LogP contribution in [0.25, 0.3) is 22.3 Å². The highest BCUT2D eigenvalue weighted by molar-refractivity contribution is 5.78. The minimum atomic E-state index is 0.222. The van der Waals surface area contributed by atoms with Crippen LogP contribution in [-0.2, 0) is 0 Å². The van der Waals surface area contributed by atoms with Crippen LogP contribution in [0.5, 0.6) is 5.75 Å². The largest absolute Gasteiger partial charge is 0.508 e. The number of aromatic amines is 1. The number of nitrogens with zero attached hydrogens (tertiary/aromatic N) is 3. The Hall–Kier alpha value is -2.43. The van der Waals surface area contributed by atoms with Crippen molar-refractivity contribution in [1.82, 2.24) is 20.4 Å². The summed E-state index contributed by atoms with van der Waals surface area (Å²) in [5, 5.41) is 19.8. The van der Waals surface area contributed by atoms with Crippen LogP contribution in [-0.4, -0.2) is 25.5 Å². The van der Waals surface area contributed by atoms with E-state index in [1.807, 2.05) is 12.1 Å². The van der Waals surface area contributed by atoms with Crippen molar-refractivity contribution in [2.24, 2.45) is 0 Å². The predicted molar refractivity (Wildman–Crippen MR) is 58.8 cm³/mol. The lowest BCUT2D eigenvalue weighted by molar-refractivity contribution is 0.475. The number of aromatic nitrogens is 4. The molecule has 0 amide bonds. The fourth-order valence-electron chi connectivity index (χ4n) is 1.57. The van der Waals surface area contributed by atoms with Crippen molar-refractivity contribution in [1.29, 1.82) is 0 Å². The lowest BCUT2D eigenvalue weighted by Crippen LogP contribution is -1.83. The van der Waals surface area contributed by atoms with Gasteiger partial charge in [0, 0.05) is 5.56 Å². The number of hydrogen-bond acceptors (Lipinski definition) is 4. The first kappa shape index (κ1) is 8.84. The van der Waals surface area contributed by atoms with Crippen LogP contribution in [0.2, 0.25) is 0 Å². The Morgan fingerprint density at radius 2 is 1.94 bits per heavy atom. The number of phenols is 1. The predicted octanol–water partition coefficient (Wildman–Crippen LogP) is 1.73. The van der Waals surface area contributed by atoms with Crippen molar-refractivity contribution in [2.75, 3.05) is 0 Å². The number of H-pyrrole nitrogens is 1. The number of rotatable bonds is 1. The number of fused-ring (bicyclic) bond motifs is 1. The van der Waals surface area contributed by atoms with Crippen LogP contribution in [0.15, 0.2) is 36.5 Å². The summed E-state index contributed by atoms with van der Waals surface area (Å²) in [6.45, 7) is 0. The van der Waals surface area contributed by atoms with E-state index in [-0.39, 0.29) is 5.75 Å². The summed E-state index contributed by atoms with van der Waals surface area (Å²) < 4.78 is 0. The van der Waals surface area contributed by atoms with Crippen molar-refractivity contribution >= 4 is 11.0 Å². The van der Waals surface area contributed by atoms with E-state index >= 15 is 0 Å². The standard InChI is InChI=1S/C11H8N4O/c16-8-3-1-2-7(4-8)9-5-10-11(6-12-9)14-15-13-10/h1-6,16H,(H,13,14,15). The van der Waals surface area contributed by atoms with Crippen molar-refractivity contribution in [3.63, 3.8) is 0 Å². The van der Waals surface area contributed by atoms with Gasteiger partial charge in [-0.15, -0.1) is 0 Å². The maximum absolute atomic E-state index is 9.39. The van der Waals surface area contributed by atoms with E-state index in [9.17, 15) is 5.11 Å². The summed E-state index contributed by atoms with van der Waals surface area (Å²) >= 11 is 0. The van der Waals surface area contributed by atoms with Crippen molar-refractivity contribution in [2.45, 2.75) is 0 Å². The molecular formula is C11H8N4O. The summed E-state index contributed by atoms with van der Waals surface area (Å²) in [6.07, 6.45) is 1.65. The topological polar surface area (TPSA) is 74.7 Å². The molecule has 3 aromatic rings. The molecule has 5 nitrogen and oxygen atoms in total. The Labute approximate surface area is 90.8 Å². The van der Waals surface area contributed by atoms with Gasteiger partial charge < -0.3 is 5.11 Å². The summed E-state index contributed by atoms with van der Waals surface area (Å²) in [7, 11) is 0. The lowest BCUT2D eigenvalue weighted by atomic mass is 10.1. The van der Waals surface area contributed by atoms with Crippen LogP contribution in [0.4, 0.5) is 0 Å². The molecule has 0 spiro atoms. The number of phenolic OH excluding ortho intramolecular Hbond substituents is 1. The van der Waals surface area contributed by atoms with Crippen LogP contribution < -0.4 is 0 Å². The van der Waals surface area contributed by atoms with Gasteiger partial charge in [0.25, 0.3) is 0 Å². The van der Waals surface area contributed by atoms with Crippen LogP contribution in [0, 0.1) is 0 Å². The van der Waals surface area contributed by atoms with Gasteiger partial charge in [0.05, 0.1) is 11.9 Å². The summed E-state index contributed by atoms with van der Waals surface area (Å²) in [5.41, 5.74) is 3.10. The molecule has 0 fully saturated rings. The molecule has 5 heteroatoms. The van der Waals surface area contributed by atoms with E-state index in [1.165, 1.54) is 0 Å². The summed E-state index contributed by atoms with van der Waals surface area (Å²) in [5.74, 6) is 0.222. The number of pyridine rings is 1. The third kappa shape index (κ3) is 1.38. The fourth-order valence-corrected chi connectivity index (χ4v) is 1.57. The van der Waals surface area contributed by atoms with Gasteiger partial charge in [0.1, 0.15) is 16.8 Å². The minimum Gasteiger partial charge on any atom is -0.508 e. The Balaban J connectivity index is 2.18. The Morgan fingerprint density at radius 1 is 1.06 bits per heavy atom. The van der Waals surface area contributed by atoms with E-state index in [0.717, 1.165) is 22.3 Å². The van der Waals surface area contributed by atoms with Crippen molar-refractivity contribution in [3.8, 4) is 17.0 Å². The number of aromatic hydroxyl groups is 1. The quantitative estimate of drug-likeness (QED) is 0.644. The number of nitrogens with one attached hydrogen (secondary N) is 1. The molecule has 2 N–H and O–H groups in total. The van der Waals surface area contributed by atoms with Crippen molar-refractivity contribution < 1.29 is 5.11 Å². The first-order valence-electron chi connectivity index (χ1n) is 4.79. The normalized spacial score (nSPS) is 10.8. The van der Waals surface area contributed by atoms with Gasteiger partial charge in [-0.1, -0.05) is 12.1 Å². The van der Waals surface area contributed by atoms with Gasteiger partial charge in [-0.05, 0) is 18.2 Å². The molecular weight excluding hydrogens is 204 g/mol. The van der Waals surface area contributed by atoms with Gasteiger partial charge >= 0.3 is 0 Å². The molecule has 0 atom stereocenters. The zero-order valence-electron chi connectivity index (χ0n) is 8.25. The molecule has 78 valence electrons. The van der Waals surface area contributed by atoms with E-state index in [4.69, 9.17) is 0 Å². The summed E-state index contributed by atoms with van der Waals surface area (Å²) in [6, 6.07) is 8.77. The molecule has 2 aromatic heterocycles. The highest BCUT2D eigenvalue weighted by Crippen LogP contribution is 2.22. The van der Waals surface area contributed by atoms with Crippen LogP contribution >= 0.6 is 0 Å².